The minimum atomic E-state index is 0.0982. The highest BCUT2D eigenvalue weighted by molar-refractivity contribution is 7.09. The molecular formula is C26H31N3OS. The van der Waals surface area contributed by atoms with E-state index in [0.717, 1.165) is 56.0 Å². The third-order valence-electron chi connectivity index (χ3n) is 5.69. The molecule has 1 fully saturated rings. The fourth-order valence-corrected chi connectivity index (χ4v) is 4.80. The second-order valence-corrected chi connectivity index (χ2v) is 10.1. The lowest BCUT2D eigenvalue weighted by molar-refractivity contribution is 0.0761. The first-order valence-corrected chi connectivity index (χ1v) is 11.9. The molecule has 5 heteroatoms. The minimum Gasteiger partial charge on any atom is -0.337 e. The molecular weight excluding hydrogens is 402 g/mol. The molecule has 0 aliphatic carbocycles. The van der Waals surface area contributed by atoms with Crippen molar-refractivity contribution in [2.45, 2.75) is 39.2 Å². The Labute approximate surface area is 189 Å². The molecule has 0 bridgehead atoms. The van der Waals surface area contributed by atoms with Crippen LogP contribution in [0.25, 0.3) is 11.1 Å². The van der Waals surface area contributed by atoms with Crippen LogP contribution in [0.1, 0.15) is 48.3 Å². The molecule has 0 atom stereocenters. The number of carbonyl (C=O) groups is 1. The first-order chi connectivity index (χ1) is 14.9. The van der Waals surface area contributed by atoms with Gasteiger partial charge in [-0.25, -0.2) is 4.98 Å². The number of carbonyl (C=O) groups excluding carboxylic acids is 1. The van der Waals surface area contributed by atoms with Crippen molar-refractivity contribution in [1.82, 2.24) is 14.8 Å². The predicted octanol–water partition coefficient (Wildman–Crippen LogP) is 5.46. The van der Waals surface area contributed by atoms with Crippen molar-refractivity contribution in [2.75, 3.05) is 26.2 Å². The third-order valence-corrected chi connectivity index (χ3v) is 7.01. The maximum atomic E-state index is 13.1. The van der Waals surface area contributed by atoms with Crippen LogP contribution in [0.15, 0.2) is 60.0 Å². The van der Waals surface area contributed by atoms with Crippen molar-refractivity contribution < 1.29 is 4.79 Å². The molecule has 4 rings (SSSR count). The van der Waals surface area contributed by atoms with Gasteiger partial charge in [0.1, 0.15) is 0 Å². The van der Waals surface area contributed by atoms with Crippen molar-refractivity contribution in [3.63, 3.8) is 0 Å². The van der Waals surface area contributed by atoms with E-state index in [0.29, 0.717) is 0 Å². The molecule has 3 aromatic rings. The lowest BCUT2D eigenvalue weighted by Crippen LogP contribution is -2.35. The Bertz CT molecular complexity index is 1010. The fourth-order valence-electron chi connectivity index (χ4n) is 3.90. The van der Waals surface area contributed by atoms with E-state index in [1.807, 2.05) is 47.4 Å². The summed E-state index contributed by atoms with van der Waals surface area (Å²) in [6, 6.07) is 18.3. The summed E-state index contributed by atoms with van der Waals surface area (Å²) in [6.45, 7) is 10.9. The number of hydrogen-bond acceptors (Lipinski definition) is 4. The summed E-state index contributed by atoms with van der Waals surface area (Å²) in [5.41, 5.74) is 4.32. The van der Waals surface area contributed by atoms with Crippen LogP contribution in [0.5, 0.6) is 0 Å². The van der Waals surface area contributed by atoms with Crippen molar-refractivity contribution in [1.29, 1.82) is 0 Å². The van der Waals surface area contributed by atoms with E-state index in [1.54, 1.807) is 11.3 Å². The largest absolute Gasteiger partial charge is 0.337 e. The van der Waals surface area contributed by atoms with Gasteiger partial charge in [0.15, 0.2) is 0 Å². The highest BCUT2D eigenvalue weighted by Gasteiger charge is 2.22. The standard InChI is InChI=1S/C26H31N3OS/c1-26(2,3)25-27-23(19-31-25)18-28-14-7-15-29(17-16-28)24(30)22-12-10-21(11-13-22)20-8-5-4-6-9-20/h4-6,8-13,19H,7,14-18H2,1-3H3. The predicted molar refractivity (Wildman–Crippen MR) is 128 cm³/mol. The molecule has 1 saturated heterocycles. The highest BCUT2D eigenvalue weighted by Crippen LogP contribution is 2.26. The van der Waals surface area contributed by atoms with Gasteiger partial charge in [-0.15, -0.1) is 11.3 Å². The topological polar surface area (TPSA) is 36.4 Å². The monoisotopic (exact) mass is 433 g/mol. The zero-order chi connectivity index (χ0) is 21.8. The molecule has 0 N–H and O–H groups in total. The molecule has 2 aromatic carbocycles. The maximum absolute atomic E-state index is 13.1. The van der Waals surface area contributed by atoms with Crippen molar-refractivity contribution in [3.8, 4) is 11.1 Å². The summed E-state index contributed by atoms with van der Waals surface area (Å²) in [5, 5.41) is 3.37. The smallest absolute Gasteiger partial charge is 0.253 e. The first kappa shape index (κ1) is 21.7. The molecule has 0 unspecified atom stereocenters. The van der Waals surface area contributed by atoms with Gasteiger partial charge >= 0.3 is 0 Å². The molecule has 0 radical (unpaired) electrons. The molecule has 0 spiro atoms. The number of amides is 1. The van der Waals surface area contributed by atoms with E-state index in [-0.39, 0.29) is 11.3 Å². The molecule has 1 amide bonds. The Kier molecular flexibility index (Phi) is 6.54. The lowest BCUT2D eigenvalue weighted by Gasteiger charge is -2.22. The van der Waals surface area contributed by atoms with Gasteiger partial charge < -0.3 is 4.90 Å². The highest BCUT2D eigenvalue weighted by atomic mass is 32.1. The first-order valence-electron chi connectivity index (χ1n) is 11.0. The Balaban J connectivity index is 1.36. The normalized spacial score (nSPS) is 15.6. The molecule has 1 aliphatic heterocycles. The summed E-state index contributed by atoms with van der Waals surface area (Å²) in [7, 11) is 0. The quantitative estimate of drug-likeness (QED) is 0.548. The van der Waals surface area contributed by atoms with E-state index in [2.05, 4.69) is 43.2 Å². The summed E-state index contributed by atoms with van der Waals surface area (Å²) >= 11 is 1.75. The van der Waals surface area contributed by atoms with Gasteiger partial charge in [-0.3, -0.25) is 9.69 Å². The van der Waals surface area contributed by atoms with E-state index in [1.165, 1.54) is 10.6 Å². The van der Waals surface area contributed by atoms with Gasteiger partial charge in [-0.05, 0) is 29.7 Å². The number of nitrogens with zero attached hydrogens (tertiary/aromatic N) is 3. The van der Waals surface area contributed by atoms with Crippen molar-refractivity contribution >= 4 is 17.2 Å². The van der Waals surface area contributed by atoms with Gasteiger partial charge in [0.25, 0.3) is 5.91 Å². The Morgan fingerprint density at radius 3 is 2.32 bits per heavy atom. The summed E-state index contributed by atoms with van der Waals surface area (Å²) in [4.78, 5) is 22.3. The van der Waals surface area contributed by atoms with Crippen LogP contribution in [0.3, 0.4) is 0 Å². The number of aromatic nitrogens is 1. The summed E-state index contributed by atoms with van der Waals surface area (Å²) < 4.78 is 0. The van der Waals surface area contributed by atoms with E-state index >= 15 is 0 Å². The zero-order valence-electron chi connectivity index (χ0n) is 18.7. The van der Waals surface area contributed by atoms with Crippen molar-refractivity contribution in [2.24, 2.45) is 0 Å². The van der Waals surface area contributed by atoms with Gasteiger partial charge in [-0.1, -0.05) is 63.2 Å². The van der Waals surface area contributed by atoms with Gasteiger partial charge in [0, 0.05) is 49.1 Å². The van der Waals surface area contributed by atoms with Crippen LogP contribution >= 0.6 is 11.3 Å². The van der Waals surface area contributed by atoms with Crippen LogP contribution in [0.4, 0.5) is 0 Å². The number of hydrogen-bond donors (Lipinski definition) is 0. The van der Waals surface area contributed by atoms with E-state index < -0.39 is 0 Å². The molecule has 162 valence electrons. The SMILES string of the molecule is CC(C)(C)c1nc(CN2CCCN(C(=O)c3ccc(-c4ccccc4)cc3)CC2)cs1. The number of thiazole rings is 1. The molecule has 4 nitrogen and oxygen atoms in total. The summed E-state index contributed by atoms with van der Waals surface area (Å²) in [6.07, 6.45) is 0.990. The third kappa shape index (κ3) is 5.41. The molecule has 2 heterocycles. The Morgan fingerprint density at radius 1 is 0.935 bits per heavy atom. The van der Waals surface area contributed by atoms with Crippen LogP contribution in [-0.2, 0) is 12.0 Å². The van der Waals surface area contributed by atoms with Crippen LogP contribution in [-0.4, -0.2) is 46.9 Å². The number of benzene rings is 2. The van der Waals surface area contributed by atoms with Crippen molar-refractivity contribution in [3.05, 3.63) is 76.2 Å². The average Bonchev–Trinajstić information content (AvgIpc) is 3.13. The molecule has 1 aromatic heterocycles. The van der Waals surface area contributed by atoms with Gasteiger partial charge in [-0.2, -0.15) is 0 Å². The number of rotatable bonds is 4. The zero-order valence-corrected chi connectivity index (χ0v) is 19.5. The maximum Gasteiger partial charge on any atom is 0.253 e. The van der Waals surface area contributed by atoms with Crippen LogP contribution in [0, 0.1) is 0 Å². The van der Waals surface area contributed by atoms with Crippen LogP contribution in [0.2, 0.25) is 0 Å². The Hall–Kier alpha value is -2.50. The molecule has 31 heavy (non-hydrogen) atoms. The second kappa shape index (κ2) is 9.33. The Morgan fingerprint density at radius 2 is 1.65 bits per heavy atom. The van der Waals surface area contributed by atoms with Gasteiger partial charge in [0.2, 0.25) is 0 Å². The average molecular weight is 434 g/mol. The summed E-state index contributed by atoms with van der Waals surface area (Å²) in [5.74, 6) is 0.130. The fraction of sp³-hybridized carbons (Fsp3) is 0.385. The molecule has 0 saturated carbocycles. The van der Waals surface area contributed by atoms with Crippen LogP contribution < -0.4 is 0 Å². The molecule has 1 aliphatic rings. The minimum absolute atomic E-state index is 0.0982. The lowest BCUT2D eigenvalue weighted by atomic mass is 9.98. The second-order valence-electron chi connectivity index (χ2n) is 9.26. The van der Waals surface area contributed by atoms with E-state index in [9.17, 15) is 4.79 Å². The van der Waals surface area contributed by atoms with Gasteiger partial charge in [0.05, 0.1) is 10.7 Å². The van der Waals surface area contributed by atoms with E-state index in [4.69, 9.17) is 4.98 Å².